The highest BCUT2D eigenvalue weighted by Gasteiger charge is 2.35. The molecule has 0 bridgehead atoms. The predicted octanol–water partition coefficient (Wildman–Crippen LogP) is 2.47. The number of pyridine rings is 1. The van der Waals surface area contributed by atoms with Crippen molar-refractivity contribution in [3.63, 3.8) is 0 Å². The smallest absolute Gasteiger partial charge is 0.258 e. The maximum absolute atomic E-state index is 13.2. The van der Waals surface area contributed by atoms with E-state index in [0.29, 0.717) is 27.8 Å². The van der Waals surface area contributed by atoms with Gasteiger partial charge in [-0.05, 0) is 29.8 Å². The first-order valence-electron chi connectivity index (χ1n) is 8.54. The van der Waals surface area contributed by atoms with Gasteiger partial charge in [0.25, 0.3) is 5.56 Å². The molecule has 2 aromatic carbocycles. The lowest BCUT2D eigenvalue weighted by Gasteiger charge is -2.27. The van der Waals surface area contributed by atoms with Crippen molar-refractivity contribution in [2.45, 2.75) is 5.92 Å². The van der Waals surface area contributed by atoms with Crippen molar-refractivity contribution < 1.29 is 14.6 Å². The molecule has 0 fully saturated rings. The van der Waals surface area contributed by atoms with E-state index >= 15 is 0 Å². The van der Waals surface area contributed by atoms with Crippen LogP contribution in [0.1, 0.15) is 17.0 Å². The molecule has 3 N–H and O–H groups in total. The van der Waals surface area contributed by atoms with E-state index in [1.165, 1.54) is 17.7 Å². The molecule has 0 saturated heterocycles. The van der Waals surface area contributed by atoms with Gasteiger partial charge in [0.1, 0.15) is 17.4 Å². The molecule has 3 aromatic rings. The standard InChI is InChI=1S/C21H17N3O4/c1-24-14-6-4-3-5-12(14)19-18(21(24)26)17(13(10-22)20(23)28-19)11-7-8-16(27-2)15(25)9-11/h3-9,17,25H,23H2,1-2H3/t17-/m0/s1. The third-order valence-corrected chi connectivity index (χ3v) is 5.00. The number of benzene rings is 2. The van der Waals surface area contributed by atoms with E-state index in [-0.39, 0.29) is 28.5 Å². The number of aromatic hydroxyl groups is 1. The number of methoxy groups -OCH3 is 1. The van der Waals surface area contributed by atoms with E-state index in [2.05, 4.69) is 6.07 Å². The van der Waals surface area contributed by atoms with Crippen LogP contribution in [0.25, 0.3) is 10.9 Å². The third-order valence-electron chi connectivity index (χ3n) is 5.00. The number of allylic oxidation sites excluding steroid dienone is 1. The number of rotatable bonds is 2. The molecule has 7 heteroatoms. The van der Waals surface area contributed by atoms with Crippen molar-refractivity contribution in [3.05, 3.63) is 75.4 Å². The summed E-state index contributed by atoms with van der Waals surface area (Å²) in [4.78, 5) is 13.2. The molecule has 1 aliphatic heterocycles. The van der Waals surface area contributed by atoms with Gasteiger partial charge in [-0.15, -0.1) is 0 Å². The lowest BCUT2D eigenvalue weighted by atomic mass is 9.83. The Morgan fingerprint density at radius 1 is 1.29 bits per heavy atom. The van der Waals surface area contributed by atoms with Gasteiger partial charge in [-0.3, -0.25) is 4.79 Å². The Kier molecular flexibility index (Phi) is 3.97. The van der Waals surface area contributed by atoms with Gasteiger partial charge in [0.05, 0.1) is 24.1 Å². The highest BCUT2D eigenvalue weighted by Crippen LogP contribution is 2.44. The molecule has 28 heavy (non-hydrogen) atoms. The Morgan fingerprint density at radius 2 is 2.04 bits per heavy atom. The molecule has 140 valence electrons. The predicted molar refractivity (Wildman–Crippen MR) is 103 cm³/mol. The van der Waals surface area contributed by atoms with Gasteiger partial charge >= 0.3 is 0 Å². The summed E-state index contributed by atoms with van der Waals surface area (Å²) in [5, 5.41) is 20.6. The minimum absolute atomic E-state index is 0.0614. The third kappa shape index (κ3) is 2.39. The van der Waals surface area contributed by atoms with E-state index < -0.39 is 5.92 Å². The molecule has 1 aliphatic rings. The van der Waals surface area contributed by atoms with Crippen LogP contribution in [0, 0.1) is 11.3 Å². The summed E-state index contributed by atoms with van der Waals surface area (Å²) < 4.78 is 12.4. The summed E-state index contributed by atoms with van der Waals surface area (Å²) in [6, 6.07) is 14.1. The fraction of sp³-hybridized carbons (Fsp3) is 0.143. The summed E-state index contributed by atoms with van der Waals surface area (Å²) in [5.74, 6) is -0.308. The minimum Gasteiger partial charge on any atom is -0.504 e. The number of hydrogen-bond donors (Lipinski definition) is 2. The van der Waals surface area contributed by atoms with Crippen LogP contribution < -0.4 is 20.8 Å². The van der Waals surface area contributed by atoms with Crippen LogP contribution in [-0.2, 0) is 7.05 Å². The maximum atomic E-state index is 13.2. The molecule has 0 aliphatic carbocycles. The lowest BCUT2D eigenvalue weighted by Crippen LogP contribution is -2.31. The number of aromatic nitrogens is 1. The molecule has 4 rings (SSSR count). The Balaban J connectivity index is 2.09. The normalized spacial score (nSPS) is 15.7. The Bertz CT molecular complexity index is 1250. The summed E-state index contributed by atoms with van der Waals surface area (Å²) in [5.41, 5.74) is 7.39. The zero-order valence-electron chi connectivity index (χ0n) is 15.3. The van der Waals surface area contributed by atoms with Crippen LogP contribution in [0.2, 0.25) is 0 Å². The monoisotopic (exact) mass is 375 g/mol. The van der Waals surface area contributed by atoms with Crippen LogP contribution in [-0.4, -0.2) is 16.8 Å². The van der Waals surface area contributed by atoms with Gasteiger partial charge < -0.3 is 24.9 Å². The van der Waals surface area contributed by atoms with Crippen molar-refractivity contribution in [2.24, 2.45) is 12.8 Å². The summed E-state index contributed by atoms with van der Waals surface area (Å²) in [6.45, 7) is 0. The number of phenols is 1. The number of para-hydroxylation sites is 1. The SMILES string of the molecule is COc1ccc([C@H]2C(C#N)=C(N)Oc3c2c(=O)n(C)c2ccccc32)cc1O. The van der Waals surface area contributed by atoms with Crippen molar-refractivity contribution in [1.29, 1.82) is 5.26 Å². The zero-order chi connectivity index (χ0) is 20.0. The highest BCUT2D eigenvalue weighted by atomic mass is 16.5. The first kappa shape index (κ1) is 17.5. The lowest BCUT2D eigenvalue weighted by molar-refractivity contribution is 0.372. The zero-order valence-corrected chi connectivity index (χ0v) is 15.3. The van der Waals surface area contributed by atoms with Crippen molar-refractivity contribution in [1.82, 2.24) is 4.57 Å². The number of phenolic OH excluding ortho intramolecular Hbond substituents is 1. The fourth-order valence-corrected chi connectivity index (χ4v) is 3.65. The molecule has 0 radical (unpaired) electrons. The minimum atomic E-state index is -0.770. The van der Waals surface area contributed by atoms with Crippen molar-refractivity contribution >= 4 is 10.9 Å². The molecule has 2 heterocycles. The number of ether oxygens (including phenoxy) is 2. The van der Waals surface area contributed by atoms with Crippen LogP contribution in [0.4, 0.5) is 0 Å². The van der Waals surface area contributed by atoms with Crippen LogP contribution in [0.3, 0.4) is 0 Å². The van der Waals surface area contributed by atoms with Gasteiger partial charge in [0.15, 0.2) is 11.5 Å². The van der Waals surface area contributed by atoms with Gasteiger partial charge in [-0.1, -0.05) is 18.2 Å². The number of nitrogens with zero attached hydrogens (tertiary/aromatic N) is 2. The van der Waals surface area contributed by atoms with Gasteiger partial charge in [-0.2, -0.15) is 5.26 Å². The second-order valence-corrected chi connectivity index (χ2v) is 6.48. The van der Waals surface area contributed by atoms with E-state index in [4.69, 9.17) is 15.2 Å². The van der Waals surface area contributed by atoms with Crippen LogP contribution in [0.15, 0.2) is 58.7 Å². The van der Waals surface area contributed by atoms with Crippen LogP contribution in [0.5, 0.6) is 17.2 Å². The molecular formula is C21H17N3O4. The molecule has 0 spiro atoms. The van der Waals surface area contributed by atoms with E-state index in [1.54, 1.807) is 19.2 Å². The van der Waals surface area contributed by atoms with Gasteiger partial charge in [0, 0.05) is 12.4 Å². The Hall–Kier alpha value is -3.92. The van der Waals surface area contributed by atoms with Gasteiger partial charge in [-0.25, -0.2) is 0 Å². The maximum Gasteiger partial charge on any atom is 0.258 e. The average molecular weight is 375 g/mol. The number of hydrogen-bond acceptors (Lipinski definition) is 6. The Labute approximate surface area is 160 Å². The van der Waals surface area contributed by atoms with Crippen molar-refractivity contribution in [3.8, 4) is 23.3 Å². The topological polar surface area (TPSA) is 111 Å². The molecule has 0 saturated carbocycles. The molecule has 0 unspecified atom stereocenters. The number of aryl methyl sites for hydroxylation is 1. The number of fused-ring (bicyclic) bond motifs is 3. The number of nitrogens with two attached hydrogens (primary N) is 1. The average Bonchev–Trinajstić information content (AvgIpc) is 2.71. The first-order chi connectivity index (χ1) is 13.5. The second kappa shape index (κ2) is 6.35. The first-order valence-corrected chi connectivity index (χ1v) is 8.54. The summed E-state index contributed by atoms with van der Waals surface area (Å²) >= 11 is 0. The molecule has 1 aromatic heterocycles. The molecule has 0 amide bonds. The molecular weight excluding hydrogens is 358 g/mol. The largest absolute Gasteiger partial charge is 0.504 e. The van der Waals surface area contributed by atoms with E-state index in [9.17, 15) is 15.2 Å². The quantitative estimate of drug-likeness (QED) is 0.712. The molecule has 1 atom stereocenters. The fourth-order valence-electron chi connectivity index (χ4n) is 3.65. The highest BCUT2D eigenvalue weighted by molar-refractivity contribution is 5.88. The summed E-state index contributed by atoms with van der Waals surface area (Å²) in [7, 11) is 3.11. The Morgan fingerprint density at radius 3 is 2.71 bits per heavy atom. The number of nitriles is 1. The summed E-state index contributed by atoms with van der Waals surface area (Å²) in [6.07, 6.45) is 0. The van der Waals surface area contributed by atoms with E-state index in [0.717, 1.165) is 0 Å². The van der Waals surface area contributed by atoms with E-state index in [1.807, 2.05) is 24.3 Å². The van der Waals surface area contributed by atoms with Gasteiger partial charge in [0.2, 0.25) is 5.88 Å². The molecule has 7 nitrogen and oxygen atoms in total. The van der Waals surface area contributed by atoms with Crippen molar-refractivity contribution in [2.75, 3.05) is 7.11 Å². The van der Waals surface area contributed by atoms with Crippen LogP contribution >= 0.6 is 0 Å². The second-order valence-electron chi connectivity index (χ2n) is 6.48.